The molecule has 0 N–H and O–H groups in total. The number of nitrogens with zero attached hydrogens (tertiary/aromatic N) is 1. The molecule has 200 valence electrons. The molecule has 0 atom stereocenters. The maximum Gasteiger partial charge on any atom is 0.130 e. The number of halogens is 1. The summed E-state index contributed by atoms with van der Waals surface area (Å²) in [5.41, 5.74) is 7.32. The molecule has 0 fully saturated rings. The standard InChI is InChI=1S/C20H23FO.C9H11N.C5H12/c1-13(2)6-16-9-17(14(3)4)11-20(10-16)22-19-8-15(5)7-18(21)12-19;1-7(2)9-5-4-8(3)10-6-9;1-4-5(2)3/h7-13H,3,6H2,1-2,4-5H3;4-6H,1H2,2-3H3;5H,4H2,1-3H3. The van der Waals surface area contributed by atoms with Crippen LogP contribution in [0.5, 0.6) is 11.5 Å². The van der Waals surface area contributed by atoms with Crippen molar-refractivity contribution in [1.29, 1.82) is 0 Å². The van der Waals surface area contributed by atoms with Gasteiger partial charge in [-0.25, -0.2) is 4.39 Å². The Morgan fingerprint density at radius 1 is 0.838 bits per heavy atom. The number of benzene rings is 2. The van der Waals surface area contributed by atoms with Crippen molar-refractivity contribution in [2.45, 2.75) is 75.2 Å². The molecule has 2 nitrogen and oxygen atoms in total. The molecule has 0 unspecified atom stereocenters. The second kappa shape index (κ2) is 15.8. The minimum absolute atomic E-state index is 0.284. The molecule has 3 aromatic rings. The van der Waals surface area contributed by atoms with Crippen LogP contribution in [0.1, 0.15) is 82.8 Å². The average Bonchev–Trinajstić information content (AvgIpc) is 2.79. The summed E-state index contributed by atoms with van der Waals surface area (Å²) < 4.78 is 19.4. The van der Waals surface area contributed by atoms with Gasteiger partial charge in [0, 0.05) is 18.0 Å². The summed E-state index contributed by atoms with van der Waals surface area (Å²) in [5, 5.41) is 0. The number of allylic oxidation sites excluding steroid dienone is 2. The van der Waals surface area contributed by atoms with Crippen molar-refractivity contribution in [3.05, 3.63) is 102 Å². The van der Waals surface area contributed by atoms with E-state index in [-0.39, 0.29) is 5.82 Å². The number of hydrogen-bond acceptors (Lipinski definition) is 2. The maximum atomic E-state index is 13.5. The SMILES string of the molecule is C=C(C)c1cc(CC(C)C)cc(Oc2cc(C)cc(F)c2)c1.C=C(C)c1ccc(C)nc1.CCC(C)C. The van der Waals surface area contributed by atoms with Crippen LogP contribution < -0.4 is 4.74 Å². The Bertz CT molecular complexity index is 1120. The predicted molar refractivity (Wildman–Crippen MR) is 160 cm³/mol. The number of aromatic nitrogens is 1. The zero-order valence-corrected chi connectivity index (χ0v) is 24.4. The Labute approximate surface area is 225 Å². The number of aryl methyl sites for hydroxylation is 2. The lowest BCUT2D eigenvalue weighted by molar-refractivity contribution is 0.475. The van der Waals surface area contributed by atoms with E-state index < -0.39 is 0 Å². The van der Waals surface area contributed by atoms with Crippen molar-refractivity contribution in [2.75, 3.05) is 0 Å². The number of rotatable bonds is 7. The van der Waals surface area contributed by atoms with Crippen molar-refractivity contribution in [3.63, 3.8) is 0 Å². The van der Waals surface area contributed by atoms with Crippen LogP contribution in [0.15, 0.2) is 67.9 Å². The van der Waals surface area contributed by atoms with Crippen molar-refractivity contribution >= 4 is 11.1 Å². The lowest BCUT2D eigenvalue weighted by Crippen LogP contribution is -1.97. The first-order chi connectivity index (χ1) is 17.3. The van der Waals surface area contributed by atoms with E-state index >= 15 is 0 Å². The van der Waals surface area contributed by atoms with Crippen LogP contribution >= 0.6 is 0 Å². The lowest BCUT2D eigenvalue weighted by Gasteiger charge is -2.13. The second-order valence-electron chi connectivity index (χ2n) is 10.6. The highest BCUT2D eigenvalue weighted by atomic mass is 19.1. The molecule has 37 heavy (non-hydrogen) atoms. The average molecular weight is 504 g/mol. The largest absolute Gasteiger partial charge is 0.457 e. The predicted octanol–water partition coefficient (Wildman–Crippen LogP) is 10.6. The summed E-state index contributed by atoms with van der Waals surface area (Å²) in [7, 11) is 0. The molecule has 0 bridgehead atoms. The Kier molecular flexibility index (Phi) is 13.6. The molecule has 0 saturated carbocycles. The molecule has 0 saturated heterocycles. The fourth-order valence-electron chi connectivity index (χ4n) is 3.17. The van der Waals surface area contributed by atoms with E-state index in [4.69, 9.17) is 4.74 Å². The molecule has 1 aromatic heterocycles. The molecule has 2 aromatic carbocycles. The Morgan fingerprint density at radius 2 is 1.43 bits per heavy atom. The summed E-state index contributed by atoms with van der Waals surface area (Å²) >= 11 is 0. The third-order valence-electron chi connectivity index (χ3n) is 5.58. The number of pyridine rings is 1. The van der Waals surface area contributed by atoms with Crippen LogP contribution in [0, 0.1) is 31.5 Å². The number of ether oxygens (including phenoxy) is 1. The van der Waals surface area contributed by atoms with Crippen LogP contribution in [0.2, 0.25) is 0 Å². The summed E-state index contributed by atoms with van der Waals surface area (Å²) in [4.78, 5) is 4.14. The second-order valence-corrected chi connectivity index (χ2v) is 10.6. The zero-order valence-electron chi connectivity index (χ0n) is 24.4. The molecule has 0 aliphatic heterocycles. The van der Waals surface area contributed by atoms with Gasteiger partial charge < -0.3 is 4.74 Å². The quantitative estimate of drug-likeness (QED) is 0.320. The van der Waals surface area contributed by atoms with Crippen LogP contribution in [0.25, 0.3) is 11.1 Å². The third-order valence-corrected chi connectivity index (χ3v) is 5.58. The molecular formula is C34H46FNO. The molecule has 3 heteroatoms. The molecule has 0 aliphatic carbocycles. The maximum absolute atomic E-state index is 13.5. The summed E-state index contributed by atoms with van der Waals surface area (Å²) in [6.45, 7) is 26.6. The van der Waals surface area contributed by atoms with Gasteiger partial charge in [0.25, 0.3) is 0 Å². The van der Waals surface area contributed by atoms with Crippen molar-refractivity contribution < 1.29 is 9.13 Å². The Morgan fingerprint density at radius 3 is 1.89 bits per heavy atom. The van der Waals surface area contributed by atoms with E-state index in [0.717, 1.165) is 51.6 Å². The zero-order chi connectivity index (χ0) is 28.1. The van der Waals surface area contributed by atoms with E-state index in [1.54, 1.807) is 0 Å². The van der Waals surface area contributed by atoms with Gasteiger partial charge in [-0.3, -0.25) is 4.98 Å². The van der Waals surface area contributed by atoms with Gasteiger partial charge in [-0.1, -0.05) is 71.9 Å². The van der Waals surface area contributed by atoms with Crippen LogP contribution in [0.4, 0.5) is 4.39 Å². The van der Waals surface area contributed by atoms with Gasteiger partial charge in [0.1, 0.15) is 17.3 Å². The van der Waals surface area contributed by atoms with E-state index in [2.05, 4.69) is 58.8 Å². The van der Waals surface area contributed by atoms with Gasteiger partial charge in [-0.15, -0.1) is 0 Å². The molecule has 1 heterocycles. The van der Waals surface area contributed by atoms with Crippen molar-refractivity contribution in [3.8, 4) is 11.5 Å². The monoisotopic (exact) mass is 503 g/mol. The van der Waals surface area contributed by atoms with Gasteiger partial charge in [-0.2, -0.15) is 0 Å². The van der Waals surface area contributed by atoms with Gasteiger partial charge in [-0.05, 0) is 104 Å². The van der Waals surface area contributed by atoms with E-state index in [9.17, 15) is 4.39 Å². The first kappa shape index (κ1) is 31.8. The van der Waals surface area contributed by atoms with Gasteiger partial charge in [0.2, 0.25) is 0 Å². The number of hydrogen-bond donors (Lipinski definition) is 0. The fraction of sp³-hybridized carbons (Fsp3) is 0.382. The first-order valence-electron chi connectivity index (χ1n) is 13.1. The fourth-order valence-corrected chi connectivity index (χ4v) is 3.17. The Hall–Kier alpha value is -3.20. The van der Waals surface area contributed by atoms with Crippen LogP contribution in [-0.4, -0.2) is 4.98 Å². The van der Waals surface area contributed by atoms with E-state index in [1.165, 1.54) is 24.1 Å². The van der Waals surface area contributed by atoms with Gasteiger partial charge in [0.15, 0.2) is 0 Å². The summed E-state index contributed by atoms with van der Waals surface area (Å²) in [6.07, 6.45) is 4.12. The lowest BCUT2D eigenvalue weighted by atomic mass is 9.98. The highest BCUT2D eigenvalue weighted by Crippen LogP contribution is 2.28. The minimum atomic E-state index is -0.284. The van der Waals surface area contributed by atoms with Gasteiger partial charge >= 0.3 is 0 Å². The third kappa shape index (κ3) is 13.1. The van der Waals surface area contributed by atoms with Crippen molar-refractivity contribution in [2.24, 2.45) is 11.8 Å². The minimum Gasteiger partial charge on any atom is -0.457 e. The smallest absolute Gasteiger partial charge is 0.130 e. The molecule has 3 rings (SSSR count). The molecule has 0 spiro atoms. The molecule has 0 aliphatic rings. The highest BCUT2D eigenvalue weighted by molar-refractivity contribution is 5.64. The van der Waals surface area contributed by atoms with E-state index in [1.807, 2.05) is 64.2 Å². The molecule has 0 radical (unpaired) electrons. The molecular weight excluding hydrogens is 457 g/mol. The van der Waals surface area contributed by atoms with Crippen LogP contribution in [-0.2, 0) is 6.42 Å². The van der Waals surface area contributed by atoms with Gasteiger partial charge in [0.05, 0.1) is 0 Å². The Balaban J connectivity index is 0.000000375. The van der Waals surface area contributed by atoms with E-state index in [0.29, 0.717) is 11.7 Å². The van der Waals surface area contributed by atoms with Crippen LogP contribution in [0.3, 0.4) is 0 Å². The summed E-state index contributed by atoms with van der Waals surface area (Å²) in [6, 6.07) is 14.9. The topological polar surface area (TPSA) is 22.1 Å². The normalized spacial score (nSPS) is 10.3. The highest BCUT2D eigenvalue weighted by Gasteiger charge is 2.07. The first-order valence-corrected chi connectivity index (χ1v) is 13.1. The van der Waals surface area contributed by atoms with Crippen molar-refractivity contribution in [1.82, 2.24) is 4.98 Å². The molecule has 0 amide bonds. The summed E-state index contributed by atoms with van der Waals surface area (Å²) in [5.74, 6) is 2.40.